The molecule has 4 nitrogen and oxygen atoms in total. The molecule has 110 valence electrons. The van der Waals surface area contributed by atoms with Gasteiger partial charge in [-0.05, 0) is 12.1 Å². The first-order valence-electron chi connectivity index (χ1n) is 5.85. The van der Waals surface area contributed by atoms with Crippen LogP contribution in [0.15, 0.2) is 18.2 Å². The van der Waals surface area contributed by atoms with Crippen LogP contribution >= 0.6 is 35.0 Å². The van der Waals surface area contributed by atoms with E-state index in [1.165, 1.54) is 18.9 Å². The third-order valence-corrected chi connectivity index (χ3v) is 4.26. The van der Waals surface area contributed by atoms with Gasteiger partial charge in [-0.1, -0.05) is 36.2 Å². The van der Waals surface area contributed by atoms with Crippen LogP contribution in [0, 0.1) is 5.92 Å². The Balaban J connectivity index is 2.43. The number of anilines is 1. The predicted octanol–water partition coefficient (Wildman–Crippen LogP) is 3.47. The fraction of sp³-hybridized carbons (Fsp3) is 0.385. The Labute approximate surface area is 132 Å². The van der Waals surface area contributed by atoms with Gasteiger partial charge in [-0.2, -0.15) is 11.8 Å². The van der Waals surface area contributed by atoms with Crippen molar-refractivity contribution >= 4 is 52.5 Å². The van der Waals surface area contributed by atoms with E-state index in [9.17, 15) is 9.59 Å². The Hall–Kier alpha value is -0.910. The molecule has 0 aliphatic carbocycles. The summed E-state index contributed by atoms with van der Waals surface area (Å²) in [6.07, 6.45) is 0. The molecule has 1 atom stereocenters. The number of carbonyl (C=O) groups is 2. The monoisotopic (exact) mass is 335 g/mol. The molecule has 0 aliphatic heterocycles. The topological polar surface area (TPSA) is 55.4 Å². The maximum Gasteiger partial charge on any atom is 0.309 e. The van der Waals surface area contributed by atoms with Crippen molar-refractivity contribution in [1.82, 2.24) is 0 Å². The molecule has 0 saturated heterocycles. The second kappa shape index (κ2) is 8.39. The molecule has 1 rings (SSSR count). The molecule has 20 heavy (non-hydrogen) atoms. The Morgan fingerprint density at radius 3 is 2.50 bits per heavy atom. The zero-order valence-corrected chi connectivity index (χ0v) is 13.4. The van der Waals surface area contributed by atoms with E-state index in [0.717, 1.165) is 0 Å². The number of methoxy groups -OCH3 is 1. The van der Waals surface area contributed by atoms with Crippen molar-refractivity contribution in [3.8, 4) is 0 Å². The van der Waals surface area contributed by atoms with Crippen LogP contribution in [0.5, 0.6) is 0 Å². The van der Waals surface area contributed by atoms with Gasteiger partial charge in [0.25, 0.3) is 0 Å². The van der Waals surface area contributed by atoms with Crippen molar-refractivity contribution in [2.45, 2.75) is 6.92 Å². The van der Waals surface area contributed by atoms with Crippen molar-refractivity contribution in [2.75, 3.05) is 23.9 Å². The summed E-state index contributed by atoms with van der Waals surface area (Å²) in [6, 6.07) is 5.00. The van der Waals surface area contributed by atoms with Crippen molar-refractivity contribution in [2.24, 2.45) is 5.92 Å². The first-order chi connectivity index (χ1) is 9.45. The van der Waals surface area contributed by atoms with E-state index < -0.39 is 0 Å². The Bertz CT molecular complexity index is 476. The molecule has 1 N–H and O–H groups in total. The summed E-state index contributed by atoms with van der Waals surface area (Å²) in [5, 5.41) is 3.43. The standard InChI is InChI=1S/C13H15Cl2NO3S/c1-8(13(18)19-2)6-20-7-11(17)16-12-9(14)4-3-5-10(12)15/h3-5,8H,6-7H2,1-2H3,(H,16,17). The van der Waals surface area contributed by atoms with E-state index in [1.807, 2.05) is 0 Å². The predicted molar refractivity (Wildman–Crippen MR) is 83.6 cm³/mol. The number of esters is 1. The van der Waals surface area contributed by atoms with Crippen molar-refractivity contribution < 1.29 is 14.3 Å². The molecule has 0 spiro atoms. The van der Waals surface area contributed by atoms with Gasteiger partial charge in [0.15, 0.2) is 0 Å². The van der Waals surface area contributed by atoms with Crippen LogP contribution in [0.1, 0.15) is 6.92 Å². The average molecular weight is 336 g/mol. The number of hydrogen-bond acceptors (Lipinski definition) is 4. The van der Waals surface area contributed by atoms with E-state index in [-0.39, 0.29) is 23.5 Å². The van der Waals surface area contributed by atoms with Gasteiger partial charge in [0.1, 0.15) is 0 Å². The maximum atomic E-state index is 11.8. The van der Waals surface area contributed by atoms with E-state index in [1.54, 1.807) is 25.1 Å². The van der Waals surface area contributed by atoms with Crippen LogP contribution in [0.2, 0.25) is 10.0 Å². The zero-order chi connectivity index (χ0) is 15.1. The maximum absolute atomic E-state index is 11.8. The first kappa shape index (κ1) is 17.1. The molecule has 7 heteroatoms. The Kier molecular flexibility index (Phi) is 7.19. The molecule has 1 unspecified atom stereocenters. The fourth-order valence-electron chi connectivity index (χ4n) is 1.39. The number of thioether (sulfide) groups is 1. The summed E-state index contributed by atoms with van der Waals surface area (Å²) in [4.78, 5) is 23.0. The van der Waals surface area contributed by atoms with Crippen LogP contribution < -0.4 is 5.32 Å². The summed E-state index contributed by atoms with van der Waals surface area (Å²) in [6.45, 7) is 1.75. The minimum atomic E-state index is -0.285. The molecule has 0 bridgehead atoms. The molecule has 1 aromatic carbocycles. The van der Waals surface area contributed by atoms with Gasteiger partial charge in [-0.15, -0.1) is 0 Å². The minimum Gasteiger partial charge on any atom is -0.469 e. The van der Waals surface area contributed by atoms with Gasteiger partial charge >= 0.3 is 5.97 Å². The molecule has 0 fully saturated rings. The third kappa shape index (κ3) is 5.23. The summed E-state index contributed by atoms with van der Waals surface area (Å²) >= 11 is 13.2. The summed E-state index contributed by atoms with van der Waals surface area (Å²) in [5.74, 6) is -0.0324. The zero-order valence-electron chi connectivity index (χ0n) is 11.1. The third-order valence-electron chi connectivity index (χ3n) is 2.43. The van der Waals surface area contributed by atoms with Gasteiger partial charge in [0.05, 0.1) is 34.5 Å². The number of para-hydroxylation sites is 1. The number of nitrogens with one attached hydrogen (secondary N) is 1. The molecule has 0 heterocycles. The number of rotatable bonds is 6. The summed E-state index contributed by atoms with van der Waals surface area (Å²) in [7, 11) is 1.34. The molecule has 0 saturated carbocycles. The number of ether oxygens (including phenoxy) is 1. The highest BCUT2D eigenvalue weighted by Gasteiger charge is 2.14. The average Bonchev–Trinajstić information content (AvgIpc) is 2.42. The smallest absolute Gasteiger partial charge is 0.309 e. The summed E-state index contributed by atoms with van der Waals surface area (Å²) < 4.78 is 4.61. The number of halogens is 2. The lowest BCUT2D eigenvalue weighted by Gasteiger charge is -2.10. The second-order valence-corrected chi connectivity index (χ2v) is 5.93. The highest BCUT2D eigenvalue weighted by atomic mass is 35.5. The van der Waals surface area contributed by atoms with Gasteiger partial charge in [0, 0.05) is 5.75 Å². The SMILES string of the molecule is COC(=O)C(C)CSCC(=O)Nc1c(Cl)cccc1Cl. The molecular weight excluding hydrogens is 321 g/mol. The van der Waals surface area contributed by atoms with Crippen LogP contribution in [-0.4, -0.2) is 30.5 Å². The molecule has 1 aromatic rings. The lowest BCUT2D eigenvalue weighted by molar-refractivity contribution is -0.144. The molecule has 0 aromatic heterocycles. The van der Waals surface area contributed by atoms with E-state index in [2.05, 4.69) is 10.1 Å². The Morgan fingerprint density at radius 2 is 1.95 bits per heavy atom. The van der Waals surface area contributed by atoms with Gasteiger partial charge in [0.2, 0.25) is 5.91 Å². The van der Waals surface area contributed by atoms with E-state index >= 15 is 0 Å². The van der Waals surface area contributed by atoms with Crippen molar-refractivity contribution in [1.29, 1.82) is 0 Å². The van der Waals surface area contributed by atoms with Crippen LogP contribution in [-0.2, 0) is 14.3 Å². The lowest BCUT2D eigenvalue weighted by Crippen LogP contribution is -2.18. The summed E-state index contributed by atoms with van der Waals surface area (Å²) in [5.41, 5.74) is 0.405. The molecule has 0 aliphatic rings. The van der Waals surface area contributed by atoms with Crippen LogP contribution in [0.25, 0.3) is 0 Å². The fourth-order valence-corrected chi connectivity index (χ4v) is 2.75. The number of benzene rings is 1. The molecule has 0 radical (unpaired) electrons. The quantitative estimate of drug-likeness (QED) is 0.808. The van der Waals surface area contributed by atoms with Crippen LogP contribution in [0.4, 0.5) is 5.69 Å². The second-order valence-electron chi connectivity index (χ2n) is 4.08. The first-order valence-corrected chi connectivity index (χ1v) is 7.76. The van der Waals surface area contributed by atoms with Crippen LogP contribution in [0.3, 0.4) is 0 Å². The van der Waals surface area contributed by atoms with Gasteiger partial charge < -0.3 is 10.1 Å². The van der Waals surface area contributed by atoms with E-state index in [0.29, 0.717) is 21.5 Å². The highest BCUT2D eigenvalue weighted by molar-refractivity contribution is 8.00. The number of carbonyl (C=O) groups excluding carboxylic acids is 2. The van der Waals surface area contributed by atoms with E-state index in [4.69, 9.17) is 23.2 Å². The molecule has 1 amide bonds. The highest BCUT2D eigenvalue weighted by Crippen LogP contribution is 2.29. The Morgan fingerprint density at radius 1 is 1.35 bits per heavy atom. The van der Waals surface area contributed by atoms with Crippen molar-refractivity contribution in [3.05, 3.63) is 28.2 Å². The number of amides is 1. The lowest BCUT2D eigenvalue weighted by atomic mass is 10.2. The van der Waals surface area contributed by atoms with Crippen molar-refractivity contribution in [3.63, 3.8) is 0 Å². The molecular formula is C13H15Cl2NO3S. The largest absolute Gasteiger partial charge is 0.469 e. The number of hydrogen-bond donors (Lipinski definition) is 1. The minimum absolute atomic E-state index is 0.211. The van der Waals surface area contributed by atoms with Gasteiger partial charge in [-0.25, -0.2) is 0 Å². The normalized spacial score (nSPS) is 11.8. The van der Waals surface area contributed by atoms with Gasteiger partial charge in [-0.3, -0.25) is 9.59 Å².